The Balaban J connectivity index is 0.00000288. The largest absolute Gasteiger partial charge is 1.00 e. The molecule has 137 valence electrons. The number of halogens is 1. The Morgan fingerprint density at radius 3 is 1.38 bits per heavy atom. The zero-order chi connectivity index (χ0) is 16.7. The molecule has 2 amide bonds. The molecule has 0 bridgehead atoms. The zero-order valence-electron chi connectivity index (χ0n) is 15.2. The summed E-state index contributed by atoms with van der Waals surface area (Å²) in [5.41, 5.74) is 0. The molecule has 0 aromatic carbocycles. The van der Waals surface area contributed by atoms with Crippen LogP contribution in [-0.4, -0.2) is 25.9 Å². The molecule has 0 unspecified atom stereocenters. The van der Waals surface area contributed by atoms with Gasteiger partial charge in [-0.2, -0.15) is 0 Å². The summed E-state index contributed by atoms with van der Waals surface area (Å²) >= 11 is -1.61. The van der Waals surface area contributed by atoms with Crippen molar-refractivity contribution in [2.45, 2.75) is 103 Å². The fraction of sp³-hybridized carbons (Fsp3) is 0.889. The van der Waals surface area contributed by atoms with E-state index in [1.54, 1.807) is 0 Å². The Morgan fingerprint density at radius 2 is 1.08 bits per heavy atom. The van der Waals surface area contributed by atoms with E-state index in [9.17, 15) is 9.59 Å². The van der Waals surface area contributed by atoms with Gasteiger partial charge in [0.15, 0.2) is 0 Å². The van der Waals surface area contributed by atoms with Gasteiger partial charge in [0.2, 0.25) is 0 Å². The summed E-state index contributed by atoms with van der Waals surface area (Å²) in [4.78, 5) is 25.2. The minimum atomic E-state index is -1.61. The summed E-state index contributed by atoms with van der Waals surface area (Å²) < 4.78 is 4.45. The maximum absolute atomic E-state index is 12.6. The second-order valence-corrected chi connectivity index (χ2v) is 10.7. The summed E-state index contributed by atoms with van der Waals surface area (Å²) in [6.07, 6.45) is 13.4. The predicted molar refractivity (Wildman–Crippen MR) is 88.0 cm³/mol. The van der Waals surface area contributed by atoms with Crippen molar-refractivity contribution < 1.29 is 71.1 Å². The molecule has 0 saturated heterocycles. The molecule has 0 heterocycles. The molecular weight excluding hydrogens is 547 g/mol. The van der Waals surface area contributed by atoms with Gasteiger partial charge in [0, 0.05) is 0 Å². The van der Waals surface area contributed by atoms with Crippen LogP contribution in [0.1, 0.15) is 90.9 Å². The van der Waals surface area contributed by atoms with E-state index in [1.165, 1.54) is 38.5 Å². The van der Waals surface area contributed by atoms with E-state index < -0.39 is 37.5 Å². The van der Waals surface area contributed by atoms with Gasteiger partial charge < -0.3 is 24.0 Å². The van der Waals surface area contributed by atoms with E-state index >= 15 is 0 Å². The second kappa shape index (κ2) is 12.4. The molecular formula is C18H32IN2NdO2. The van der Waals surface area contributed by atoms with Gasteiger partial charge in [-0.1, -0.05) is 0 Å². The van der Waals surface area contributed by atoms with Crippen molar-refractivity contribution in [2.75, 3.05) is 0 Å². The van der Waals surface area contributed by atoms with Crippen molar-refractivity contribution in [3.05, 3.63) is 0 Å². The molecule has 0 aromatic heterocycles. The number of carbonyl (C=O) groups excluding carboxylic acids is 2. The third-order valence-electron chi connectivity index (χ3n) is 5.24. The molecule has 2 saturated carbocycles. The van der Waals surface area contributed by atoms with Gasteiger partial charge in [-0.25, -0.2) is 0 Å². The Labute approximate surface area is 186 Å². The van der Waals surface area contributed by atoms with Crippen LogP contribution in [0, 0.1) is 37.5 Å². The second-order valence-electron chi connectivity index (χ2n) is 6.92. The van der Waals surface area contributed by atoms with Gasteiger partial charge in [0.05, 0.1) is 0 Å². The van der Waals surface area contributed by atoms with Crippen molar-refractivity contribution in [1.82, 2.24) is 1.97 Å². The molecule has 2 aliphatic rings. The van der Waals surface area contributed by atoms with Gasteiger partial charge in [-0.05, 0) is 0 Å². The van der Waals surface area contributed by atoms with Crippen molar-refractivity contribution >= 4 is 11.8 Å². The molecule has 24 heavy (non-hydrogen) atoms. The Kier molecular flexibility index (Phi) is 11.9. The molecule has 0 radical (unpaired) electrons. The van der Waals surface area contributed by atoms with Crippen LogP contribution in [-0.2, 0) is 9.59 Å². The first-order valence-corrected chi connectivity index (χ1v) is 12.4. The molecule has 4 nitrogen and oxygen atoms in total. The van der Waals surface area contributed by atoms with Crippen LogP contribution in [0.4, 0.5) is 0 Å². The van der Waals surface area contributed by atoms with Gasteiger partial charge in [-0.15, -0.1) is 0 Å². The molecule has 2 fully saturated rings. The van der Waals surface area contributed by atoms with E-state index in [4.69, 9.17) is 0 Å². The van der Waals surface area contributed by atoms with Gasteiger partial charge >= 0.3 is 164 Å². The number of carbonyl (C=O) groups is 2. The van der Waals surface area contributed by atoms with Crippen molar-refractivity contribution in [3.8, 4) is 0 Å². The first kappa shape index (κ1) is 23.1. The number of hydrogen-bond donors (Lipinski definition) is 0. The van der Waals surface area contributed by atoms with Gasteiger partial charge in [0.25, 0.3) is 0 Å². The Bertz CT molecular complexity index is 360. The average Bonchev–Trinajstić information content (AvgIpc) is 2.63. The first-order valence-electron chi connectivity index (χ1n) is 9.57. The Hall–Kier alpha value is 1.02. The minimum absolute atomic E-state index is 0. The number of amides is 2. The predicted octanol–water partition coefficient (Wildman–Crippen LogP) is 1.05. The molecule has 2 rings (SSSR count). The minimum Gasteiger partial charge on any atom is -1.00 e. The van der Waals surface area contributed by atoms with Crippen LogP contribution in [0.5, 0.6) is 0 Å². The molecule has 2 aliphatic carbocycles. The van der Waals surface area contributed by atoms with Crippen LogP contribution in [0.25, 0.3) is 0 Å². The van der Waals surface area contributed by atoms with Crippen molar-refractivity contribution in [3.63, 3.8) is 0 Å². The fourth-order valence-electron chi connectivity index (χ4n) is 3.82. The fourth-order valence-corrected chi connectivity index (χ4v) is 9.00. The maximum Gasteiger partial charge on any atom is -1.00 e. The standard InChI is InChI=1S/2C9H17NO.HI.Nd/c2*1-2-9(11)10-8-6-4-3-5-7-8;;/h2*8H,2-7H2,1H3,(H,10,11);1H;/q;;;+3/p-3. The van der Waals surface area contributed by atoms with Gasteiger partial charge in [-0.3, -0.25) is 0 Å². The van der Waals surface area contributed by atoms with E-state index in [0.29, 0.717) is 36.7 Å². The molecule has 0 atom stereocenters. The van der Waals surface area contributed by atoms with Crippen LogP contribution in [0.15, 0.2) is 0 Å². The number of nitrogens with zero attached hydrogens (tertiary/aromatic N) is 2. The smallest absolute Gasteiger partial charge is 1.00 e. The molecule has 0 aromatic rings. The molecule has 0 spiro atoms. The van der Waals surface area contributed by atoms with Crippen LogP contribution in [0.2, 0.25) is 0 Å². The summed E-state index contributed by atoms with van der Waals surface area (Å²) in [7, 11) is 0. The van der Waals surface area contributed by atoms with E-state index in [2.05, 4.69) is 1.97 Å². The molecule has 0 N–H and O–H groups in total. The van der Waals surface area contributed by atoms with Gasteiger partial charge in [0.1, 0.15) is 0 Å². The maximum atomic E-state index is 12.6. The van der Waals surface area contributed by atoms with Crippen LogP contribution >= 0.6 is 0 Å². The molecule has 0 aliphatic heterocycles. The summed E-state index contributed by atoms with van der Waals surface area (Å²) in [5, 5.41) is 0. The summed E-state index contributed by atoms with van der Waals surface area (Å²) in [6, 6.07) is 0.852. The van der Waals surface area contributed by atoms with Crippen LogP contribution < -0.4 is 24.0 Å². The third kappa shape index (κ3) is 6.63. The normalized spacial score (nSPS) is 19.1. The first-order chi connectivity index (χ1) is 11.2. The van der Waals surface area contributed by atoms with Crippen LogP contribution in [0.3, 0.4) is 0 Å². The summed E-state index contributed by atoms with van der Waals surface area (Å²) in [6.45, 7) is 3.93. The average molecular weight is 580 g/mol. The topological polar surface area (TPSA) is 40.6 Å². The quantitative estimate of drug-likeness (QED) is 0.442. The monoisotopic (exact) mass is 577 g/mol. The Morgan fingerprint density at radius 1 is 0.750 bits per heavy atom. The zero-order valence-corrected chi connectivity index (χ0v) is 20.6. The van der Waals surface area contributed by atoms with Crippen molar-refractivity contribution in [1.29, 1.82) is 0 Å². The van der Waals surface area contributed by atoms with E-state index in [1.807, 2.05) is 13.8 Å². The van der Waals surface area contributed by atoms with E-state index in [-0.39, 0.29) is 24.0 Å². The van der Waals surface area contributed by atoms with Crippen molar-refractivity contribution in [2.24, 2.45) is 0 Å². The number of hydrogen-bond acceptors (Lipinski definition) is 2. The summed E-state index contributed by atoms with van der Waals surface area (Å²) in [5.74, 6) is 0.592. The number of rotatable bonds is 6. The molecule has 6 heteroatoms. The third-order valence-corrected chi connectivity index (χ3v) is 10.6. The van der Waals surface area contributed by atoms with E-state index in [0.717, 1.165) is 25.7 Å². The SMILES string of the molecule is CCC(=O)[N]([Nd+][N](C(=O)CC)C1CCCCC1)C1CCCCC1.[I-].